The summed E-state index contributed by atoms with van der Waals surface area (Å²) in [5.74, 6) is -0.573. The topological polar surface area (TPSA) is 87.7 Å². The zero-order valence-electron chi connectivity index (χ0n) is 17.5. The molecule has 0 aromatic heterocycles. The third kappa shape index (κ3) is 6.38. The molecule has 0 saturated heterocycles. The van der Waals surface area contributed by atoms with Crippen molar-refractivity contribution in [1.29, 1.82) is 0 Å². The summed E-state index contributed by atoms with van der Waals surface area (Å²) < 4.78 is 5.40. The number of hydrogen-bond acceptors (Lipinski definition) is 5. The molecule has 1 atom stereocenters. The number of ether oxygens (including phenoxy) is 1. The highest BCUT2D eigenvalue weighted by Gasteiger charge is 2.34. The highest BCUT2D eigenvalue weighted by molar-refractivity contribution is 7.99. The third-order valence-electron chi connectivity index (χ3n) is 4.24. The summed E-state index contributed by atoms with van der Waals surface area (Å²) in [6, 6.07) is 12.6. The van der Waals surface area contributed by atoms with Gasteiger partial charge in [-0.1, -0.05) is 23.7 Å². The predicted octanol–water partition coefficient (Wildman–Crippen LogP) is 4.31. The van der Waals surface area contributed by atoms with Crippen molar-refractivity contribution in [1.82, 2.24) is 5.32 Å². The summed E-state index contributed by atoms with van der Waals surface area (Å²) >= 11 is 7.30. The van der Waals surface area contributed by atoms with E-state index in [-0.39, 0.29) is 12.5 Å². The van der Waals surface area contributed by atoms with Gasteiger partial charge in [0.15, 0.2) is 0 Å². The summed E-state index contributed by atoms with van der Waals surface area (Å²) in [7, 11) is 0. The highest BCUT2D eigenvalue weighted by Crippen LogP contribution is 2.34. The Labute approximate surface area is 190 Å². The first-order valence-electron chi connectivity index (χ1n) is 9.70. The smallest absolute Gasteiger partial charge is 0.326 e. The molecule has 0 bridgehead atoms. The molecule has 0 saturated carbocycles. The number of para-hydroxylation sites is 1. The van der Waals surface area contributed by atoms with Crippen molar-refractivity contribution < 1.29 is 19.1 Å². The Morgan fingerprint density at radius 1 is 1.16 bits per heavy atom. The van der Waals surface area contributed by atoms with Gasteiger partial charge in [0, 0.05) is 21.4 Å². The van der Waals surface area contributed by atoms with Crippen LogP contribution in [0.2, 0.25) is 5.02 Å². The van der Waals surface area contributed by atoms with E-state index in [1.807, 2.05) is 12.1 Å². The van der Waals surface area contributed by atoms with Crippen LogP contribution in [0.25, 0.3) is 0 Å². The van der Waals surface area contributed by atoms with Gasteiger partial charge in [0.05, 0.1) is 5.69 Å². The number of urea groups is 1. The summed E-state index contributed by atoms with van der Waals surface area (Å²) in [6.07, 6.45) is 0. The van der Waals surface area contributed by atoms with E-state index in [4.69, 9.17) is 16.3 Å². The number of esters is 1. The van der Waals surface area contributed by atoms with Crippen molar-refractivity contribution in [3.05, 3.63) is 53.6 Å². The van der Waals surface area contributed by atoms with E-state index in [9.17, 15) is 14.4 Å². The minimum absolute atomic E-state index is 0.245. The second kappa shape index (κ2) is 9.62. The number of fused-ring (bicyclic) bond motifs is 1. The number of nitrogens with one attached hydrogen (secondary N) is 2. The number of anilines is 2. The molecule has 2 aromatic carbocycles. The second-order valence-corrected chi connectivity index (χ2v) is 9.45. The lowest BCUT2D eigenvalue weighted by molar-refractivity contribution is -0.153. The van der Waals surface area contributed by atoms with Gasteiger partial charge in [0.1, 0.15) is 18.2 Å². The molecule has 0 radical (unpaired) electrons. The molecule has 0 aliphatic carbocycles. The van der Waals surface area contributed by atoms with Crippen molar-refractivity contribution in [3.63, 3.8) is 0 Å². The Balaban J connectivity index is 1.76. The Hall–Kier alpha value is -2.71. The monoisotopic (exact) mass is 461 g/mol. The first-order chi connectivity index (χ1) is 14.6. The largest absolute Gasteiger partial charge is 0.459 e. The first kappa shape index (κ1) is 23.0. The van der Waals surface area contributed by atoms with Crippen LogP contribution in [0.4, 0.5) is 16.2 Å². The van der Waals surface area contributed by atoms with Crippen LogP contribution in [0.5, 0.6) is 0 Å². The number of hydrogen-bond donors (Lipinski definition) is 2. The molecule has 0 fully saturated rings. The van der Waals surface area contributed by atoms with Gasteiger partial charge in [-0.15, -0.1) is 11.8 Å². The lowest BCUT2D eigenvalue weighted by Gasteiger charge is -2.27. The zero-order chi connectivity index (χ0) is 22.6. The fourth-order valence-electron chi connectivity index (χ4n) is 2.98. The molecular weight excluding hydrogens is 438 g/mol. The molecule has 3 rings (SSSR count). The quantitative estimate of drug-likeness (QED) is 0.662. The molecule has 0 unspecified atom stereocenters. The number of rotatable bonds is 4. The Kier molecular flexibility index (Phi) is 7.12. The van der Waals surface area contributed by atoms with E-state index in [1.165, 1.54) is 16.7 Å². The van der Waals surface area contributed by atoms with Crippen LogP contribution in [0.1, 0.15) is 20.8 Å². The van der Waals surface area contributed by atoms with Crippen LogP contribution in [0, 0.1) is 0 Å². The van der Waals surface area contributed by atoms with E-state index in [0.29, 0.717) is 22.2 Å². The highest BCUT2D eigenvalue weighted by atomic mass is 35.5. The molecule has 2 aromatic rings. The molecule has 9 heteroatoms. The number of halogens is 1. The van der Waals surface area contributed by atoms with E-state index in [2.05, 4.69) is 10.6 Å². The van der Waals surface area contributed by atoms with Crippen LogP contribution < -0.4 is 15.5 Å². The Morgan fingerprint density at radius 2 is 1.84 bits per heavy atom. The summed E-state index contributed by atoms with van der Waals surface area (Å²) in [4.78, 5) is 40.5. The molecule has 7 nitrogen and oxygen atoms in total. The maximum absolute atomic E-state index is 13.3. The van der Waals surface area contributed by atoms with Crippen LogP contribution in [-0.4, -0.2) is 41.8 Å². The number of amides is 3. The fourth-order valence-corrected chi connectivity index (χ4v) is 4.18. The van der Waals surface area contributed by atoms with Crippen LogP contribution in [0.3, 0.4) is 0 Å². The summed E-state index contributed by atoms with van der Waals surface area (Å²) in [5.41, 5.74) is 0.492. The van der Waals surface area contributed by atoms with E-state index >= 15 is 0 Å². The molecule has 1 aliphatic rings. The minimum atomic E-state index is -0.827. The number of carbonyl (C=O) groups is 3. The van der Waals surface area contributed by atoms with Gasteiger partial charge < -0.3 is 15.4 Å². The number of nitrogens with zero attached hydrogens (tertiary/aromatic N) is 1. The fraction of sp³-hybridized carbons (Fsp3) is 0.318. The third-order valence-corrected chi connectivity index (χ3v) is 5.65. The maximum atomic E-state index is 13.3. The zero-order valence-corrected chi connectivity index (χ0v) is 19.0. The minimum Gasteiger partial charge on any atom is -0.459 e. The molecule has 0 spiro atoms. The molecule has 3 amide bonds. The van der Waals surface area contributed by atoms with Gasteiger partial charge in [0.2, 0.25) is 0 Å². The second-order valence-electron chi connectivity index (χ2n) is 7.95. The van der Waals surface area contributed by atoms with Crippen LogP contribution in [-0.2, 0) is 14.3 Å². The number of thioether (sulfide) groups is 1. The summed E-state index contributed by atoms with van der Waals surface area (Å²) in [5, 5.41) is 5.95. The van der Waals surface area contributed by atoms with Crippen molar-refractivity contribution in [2.45, 2.75) is 37.3 Å². The molecule has 31 heavy (non-hydrogen) atoms. The van der Waals surface area contributed by atoms with Gasteiger partial charge >= 0.3 is 12.0 Å². The average Bonchev–Trinajstić information content (AvgIpc) is 2.81. The van der Waals surface area contributed by atoms with Crippen molar-refractivity contribution in [2.24, 2.45) is 0 Å². The van der Waals surface area contributed by atoms with Crippen molar-refractivity contribution >= 4 is 52.6 Å². The van der Waals surface area contributed by atoms with Gasteiger partial charge in [-0.2, -0.15) is 0 Å². The predicted molar refractivity (Wildman–Crippen MR) is 123 cm³/mol. The normalized spacial score (nSPS) is 16.2. The van der Waals surface area contributed by atoms with Crippen molar-refractivity contribution in [3.8, 4) is 0 Å². The van der Waals surface area contributed by atoms with Gasteiger partial charge in [0.25, 0.3) is 5.91 Å². The first-order valence-corrected chi connectivity index (χ1v) is 11.1. The van der Waals surface area contributed by atoms with Gasteiger partial charge in [-0.3, -0.25) is 14.5 Å². The lowest BCUT2D eigenvalue weighted by atomic mass is 10.2. The number of carbonyl (C=O) groups excluding carboxylic acids is 3. The van der Waals surface area contributed by atoms with E-state index < -0.39 is 23.6 Å². The molecular formula is C22H24ClN3O4S. The van der Waals surface area contributed by atoms with E-state index in [1.54, 1.807) is 57.2 Å². The van der Waals surface area contributed by atoms with E-state index in [0.717, 1.165) is 4.90 Å². The lowest BCUT2D eigenvalue weighted by Crippen LogP contribution is -2.52. The molecule has 1 heterocycles. The number of benzene rings is 2. The molecule has 2 N–H and O–H groups in total. The maximum Gasteiger partial charge on any atom is 0.326 e. The van der Waals surface area contributed by atoms with Crippen molar-refractivity contribution in [2.75, 3.05) is 22.5 Å². The summed E-state index contributed by atoms with van der Waals surface area (Å²) in [6.45, 7) is 5.06. The standard InChI is InChI=1S/C22H24ClN3O4S/c1-22(2,3)30-19(27)12-26-17-6-4-5-7-18(17)31-13-16(20(26)28)25-21(29)24-15-10-8-14(23)9-11-15/h4-11,16H,12-13H2,1-3H3,(H2,24,25,29)/t16-/m0/s1. The van der Waals surface area contributed by atoms with Gasteiger partial charge in [-0.25, -0.2) is 4.79 Å². The SMILES string of the molecule is CC(C)(C)OC(=O)CN1C(=O)[C@@H](NC(=O)Nc2ccc(Cl)cc2)CSc2ccccc21. The Morgan fingerprint density at radius 3 is 2.52 bits per heavy atom. The Bertz CT molecular complexity index is 975. The average molecular weight is 462 g/mol. The van der Waals surface area contributed by atoms with Crippen LogP contribution in [0.15, 0.2) is 53.4 Å². The molecule has 1 aliphatic heterocycles. The van der Waals surface area contributed by atoms with Crippen LogP contribution >= 0.6 is 23.4 Å². The molecule has 164 valence electrons. The van der Waals surface area contributed by atoms with Gasteiger partial charge in [-0.05, 0) is 57.2 Å².